The summed E-state index contributed by atoms with van der Waals surface area (Å²) in [5.74, 6) is 3.20. The van der Waals surface area contributed by atoms with Crippen LogP contribution in [0.4, 0.5) is 0 Å². The fraction of sp³-hybridized carbons (Fsp3) is 0.400. The Morgan fingerprint density at radius 2 is 2.00 bits per heavy atom. The van der Waals surface area contributed by atoms with Gasteiger partial charge in [0, 0.05) is 36.7 Å². The Labute approximate surface area is 153 Å². The van der Waals surface area contributed by atoms with E-state index in [9.17, 15) is 0 Å². The van der Waals surface area contributed by atoms with Crippen molar-refractivity contribution in [3.05, 3.63) is 59.9 Å². The lowest BCUT2D eigenvalue weighted by Gasteiger charge is -2.23. The standard InChI is InChI=1S/C20H24N6/c1-14(2)19-24-18-9-8-17(13-26(18)25-19)22-12-16-10-11-21-20(23-16)15-6-4-3-5-7-15/h3-7,10-11,14,17,22H,8-9,12-13H2,1-2H3/t17-/m0/s1. The van der Waals surface area contributed by atoms with E-state index in [0.717, 1.165) is 54.7 Å². The van der Waals surface area contributed by atoms with Crippen LogP contribution in [0.5, 0.6) is 0 Å². The van der Waals surface area contributed by atoms with E-state index in [1.54, 1.807) is 0 Å². The molecule has 1 atom stereocenters. The predicted octanol–water partition coefficient (Wildman–Crippen LogP) is 2.96. The second-order valence-electron chi connectivity index (χ2n) is 7.08. The first-order chi connectivity index (χ1) is 12.7. The highest BCUT2D eigenvalue weighted by Crippen LogP contribution is 2.18. The lowest BCUT2D eigenvalue weighted by molar-refractivity contribution is 0.356. The minimum absolute atomic E-state index is 0.372. The molecule has 0 spiro atoms. The second-order valence-corrected chi connectivity index (χ2v) is 7.08. The van der Waals surface area contributed by atoms with Gasteiger partial charge < -0.3 is 5.32 Å². The number of aromatic nitrogens is 5. The molecular weight excluding hydrogens is 324 g/mol. The number of aryl methyl sites for hydroxylation is 1. The van der Waals surface area contributed by atoms with Crippen molar-refractivity contribution in [3.8, 4) is 11.4 Å². The average Bonchev–Trinajstić information content (AvgIpc) is 3.11. The first-order valence-electron chi connectivity index (χ1n) is 9.23. The van der Waals surface area contributed by atoms with Gasteiger partial charge in [0.1, 0.15) is 5.82 Å². The summed E-state index contributed by atoms with van der Waals surface area (Å²) >= 11 is 0. The minimum Gasteiger partial charge on any atom is -0.307 e. The number of nitrogens with zero attached hydrogens (tertiary/aromatic N) is 5. The van der Waals surface area contributed by atoms with Crippen LogP contribution in [0.3, 0.4) is 0 Å². The SMILES string of the molecule is CC(C)c1nc2n(n1)C[C@@H](NCc1ccnc(-c3ccccc3)n1)CC2. The van der Waals surface area contributed by atoms with Crippen LogP contribution in [0.15, 0.2) is 42.6 Å². The van der Waals surface area contributed by atoms with Crippen molar-refractivity contribution >= 4 is 0 Å². The van der Waals surface area contributed by atoms with Crippen molar-refractivity contribution in [2.24, 2.45) is 0 Å². The molecule has 0 amide bonds. The Morgan fingerprint density at radius 1 is 1.15 bits per heavy atom. The minimum atomic E-state index is 0.372. The molecule has 0 bridgehead atoms. The molecule has 0 radical (unpaired) electrons. The van der Waals surface area contributed by atoms with E-state index in [0.29, 0.717) is 12.0 Å². The van der Waals surface area contributed by atoms with Gasteiger partial charge in [-0.1, -0.05) is 44.2 Å². The molecule has 2 aromatic heterocycles. The number of hydrogen-bond donors (Lipinski definition) is 1. The lowest BCUT2D eigenvalue weighted by atomic mass is 10.1. The Morgan fingerprint density at radius 3 is 2.81 bits per heavy atom. The molecule has 0 saturated heterocycles. The van der Waals surface area contributed by atoms with Crippen LogP contribution >= 0.6 is 0 Å². The Balaban J connectivity index is 1.40. The Kier molecular flexibility index (Phi) is 4.75. The van der Waals surface area contributed by atoms with Crippen molar-refractivity contribution < 1.29 is 0 Å². The molecular formula is C20H24N6. The van der Waals surface area contributed by atoms with Crippen LogP contribution in [-0.2, 0) is 19.5 Å². The van der Waals surface area contributed by atoms with Crippen LogP contribution < -0.4 is 5.32 Å². The zero-order valence-electron chi connectivity index (χ0n) is 15.3. The van der Waals surface area contributed by atoms with Gasteiger partial charge in [0.05, 0.1) is 12.2 Å². The molecule has 134 valence electrons. The molecule has 0 aliphatic carbocycles. The summed E-state index contributed by atoms with van der Waals surface area (Å²) in [5.41, 5.74) is 2.05. The van der Waals surface area contributed by atoms with Crippen molar-refractivity contribution in [1.82, 2.24) is 30.0 Å². The molecule has 26 heavy (non-hydrogen) atoms. The molecule has 6 heteroatoms. The molecule has 3 heterocycles. The van der Waals surface area contributed by atoms with Gasteiger partial charge in [-0.25, -0.2) is 19.6 Å². The number of nitrogens with one attached hydrogen (secondary N) is 1. The van der Waals surface area contributed by atoms with Crippen molar-refractivity contribution in [1.29, 1.82) is 0 Å². The smallest absolute Gasteiger partial charge is 0.159 e. The summed E-state index contributed by atoms with van der Waals surface area (Å²) in [4.78, 5) is 13.7. The molecule has 1 aromatic carbocycles. The molecule has 1 aliphatic rings. The summed E-state index contributed by atoms with van der Waals surface area (Å²) in [6.07, 6.45) is 3.88. The first kappa shape index (κ1) is 16.8. The molecule has 1 aliphatic heterocycles. The van der Waals surface area contributed by atoms with Gasteiger partial charge in [0.25, 0.3) is 0 Å². The van der Waals surface area contributed by atoms with Crippen molar-refractivity contribution in [2.75, 3.05) is 0 Å². The van der Waals surface area contributed by atoms with Gasteiger partial charge >= 0.3 is 0 Å². The molecule has 6 nitrogen and oxygen atoms in total. The van der Waals surface area contributed by atoms with Gasteiger partial charge in [0.15, 0.2) is 11.6 Å². The van der Waals surface area contributed by atoms with E-state index in [1.165, 1.54) is 0 Å². The largest absolute Gasteiger partial charge is 0.307 e. The fourth-order valence-electron chi connectivity index (χ4n) is 3.21. The van der Waals surface area contributed by atoms with Gasteiger partial charge in [-0.2, -0.15) is 5.10 Å². The first-order valence-corrected chi connectivity index (χ1v) is 9.23. The molecule has 3 aromatic rings. The van der Waals surface area contributed by atoms with E-state index in [2.05, 4.69) is 38.9 Å². The van der Waals surface area contributed by atoms with Gasteiger partial charge in [-0.05, 0) is 12.5 Å². The van der Waals surface area contributed by atoms with E-state index in [-0.39, 0.29) is 0 Å². The number of benzene rings is 1. The van der Waals surface area contributed by atoms with E-state index < -0.39 is 0 Å². The fourth-order valence-corrected chi connectivity index (χ4v) is 3.21. The quantitative estimate of drug-likeness (QED) is 0.768. The number of hydrogen-bond acceptors (Lipinski definition) is 5. The topological polar surface area (TPSA) is 68.5 Å². The van der Waals surface area contributed by atoms with Crippen LogP contribution in [0, 0.1) is 0 Å². The Hall–Kier alpha value is -2.60. The van der Waals surface area contributed by atoms with Crippen LogP contribution in [0.2, 0.25) is 0 Å². The third kappa shape index (κ3) is 3.65. The maximum absolute atomic E-state index is 4.69. The van der Waals surface area contributed by atoms with E-state index in [4.69, 9.17) is 4.98 Å². The number of fused-ring (bicyclic) bond motifs is 1. The lowest BCUT2D eigenvalue weighted by Crippen LogP contribution is -2.37. The zero-order chi connectivity index (χ0) is 17.9. The van der Waals surface area contributed by atoms with Crippen LogP contribution in [0.25, 0.3) is 11.4 Å². The molecule has 4 rings (SSSR count). The molecule has 1 N–H and O–H groups in total. The highest BCUT2D eigenvalue weighted by Gasteiger charge is 2.22. The summed E-state index contributed by atoms with van der Waals surface area (Å²) in [5, 5.41) is 8.27. The molecule has 0 fully saturated rings. The van der Waals surface area contributed by atoms with E-state index >= 15 is 0 Å². The number of rotatable bonds is 5. The van der Waals surface area contributed by atoms with E-state index in [1.807, 2.05) is 42.6 Å². The maximum Gasteiger partial charge on any atom is 0.159 e. The summed E-state index contributed by atoms with van der Waals surface area (Å²) in [6.45, 7) is 5.87. The highest BCUT2D eigenvalue weighted by molar-refractivity contribution is 5.54. The maximum atomic E-state index is 4.69. The molecule has 0 saturated carbocycles. The zero-order valence-corrected chi connectivity index (χ0v) is 15.3. The van der Waals surface area contributed by atoms with Crippen molar-refractivity contribution in [3.63, 3.8) is 0 Å². The van der Waals surface area contributed by atoms with Gasteiger partial charge in [0.2, 0.25) is 0 Å². The third-order valence-corrected chi connectivity index (χ3v) is 4.71. The van der Waals surface area contributed by atoms with Crippen LogP contribution in [-0.4, -0.2) is 30.8 Å². The molecule has 0 unspecified atom stereocenters. The monoisotopic (exact) mass is 348 g/mol. The third-order valence-electron chi connectivity index (χ3n) is 4.71. The van der Waals surface area contributed by atoms with Crippen molar-refractivity contribution in [2.45, 2.75) is 51.7 Å². The van der Waals surface area contributed by atoms with Crippen LogP contribution in [0.1, 0.15) is 43.5 Å². The summed E-state index contributed by atoms with van der Waals surface area (Å²) < 4.78 is 2.06. The van der Waals surface area contributed by atoms with Gasteiger partial charge in [-0.15, -0.1) is 0 Å². The average molecular weight is 348 g/mol. The highest BCUT2D eigenvalue weighted by atomic mass is 15.4. The van der Waals surface area contributed by atoms with Gasteiger partial charge in [-0.3, -0.25) is 0 Å². The summed E-state index contributed by atoms with van der Waals surface area (Å²) in [6, 6.07) is 12.4. The normalized spacial score (nSPS) is 16.7. The Bertz CT molecular complexity index is 871. The summed E-state index contributed by atoms with van der Waals surface area (Å²) in [7, 11) is 0. The predicted molar refractivity (Wildman–Crippen MR) is 101 cm³/mol. The second kappa shape index (κ2) is 7.33.